The van der Waals surface area contributed by atoms with Crippen LogP contribution in [0.4, 0.5) is 0 Å². The zero-order chi connectivity index (χ0) is 25.6. The molecular weight excluding hydrogens is 466 g/mol. The summed E-state index contributed by atoms with van der Waals surface area (Å²) in [7, 11) is -3.21. The number of benzene rings is 3. The molecule has 1 fully saturated rings. The van der Waals surface area contributed by atoms with Crippen molar-refractivity contribution in [3.63, 3.8) is 0 Å². The SMILES string of the molecule is CC(C)(C)O[Si](Oc1ccc(C=CC(=O)N2CCCCC2)c(O)c1)(c1ccccc1)c1ccccc1. The maximum Gasteiger partial charge on any atom is 0.469 e. The first-order valence-corrected chi connectivity index (χ1v) is 14.4. The van der Waals surface area contributed by atoms with Gasteiger partial charge in [-0.2, -0.15) is 0 Å². The highest BCUT2D eigenvalue weighted by Gasteiger charge is 2.48. The van der Waals surface area contributed by atoms with E-state index in [-0.39, 0.29) is 11.7 Å². The molecule has 5 nitrogen and oxygen atoms in total. The van der Waals surface area contributed by atoms with Gasteiger partial charge >= 0.3 is 8.56 Å². The van der Waals surface area contributed by atoms with Crippen LogP contribution in [0.2, 0.25) is 0 Å². The molecule has 0 unspecified atom stereocenters. The molecule has 36 heavy (non-hydrogen) atoms. The molecule has 1 heterocycles. The number of likely N-dealkylation sites (tertiary alicyclic amines) is 1. The van der Waals surface area contributed by atoms with E-state index in [1.165, 1.54) is 12.5 Å². The van der Waals surface area contributed by atoms with Crippen LogP contribution in [-0.2, 0) is 9.22 Å². The topological polar surface area (TPSA) is 59.0 Å². The minimum atomic E-state index is -3.21. The summed E-state index contributed by atoms with van der Waals surface area (Å²) in [6.07, 6.45) is 6.47. The van der Waals surface area contributed by atoms with E-state index >= 15 is 0 Å². The predicted octanol–water partition coefficient (Wildman–Crippen LogP) is 4.87. The molecule has 3 aromatic rings. The first-order chi connectivity index (χ1) is 17.3. The Morgan fingerprint density at radius 3 is 2.00 bits per heavy atom. The summed E-state index contributed by atoms with van der Waals surface area (Å²) in [5.41, 5.74) is 0.0911. The Labute approximate surface area is 215 Å². The standard InChI is InChI=1S/C30H35NO4Si/c1-30(2,3)35-36(26-13-7-4-8-14-26,27-15-9-5-10-16-27)34-25-19-17-24(28(32)23-25)18-20-29(33)31-21-11-6-12-22-31/h4-5,7-10,13-20,23,32H,6,11-12,21-22H2,1-3H3. The van der Waals surface area contributed by atoms with Crippen LogP contribution in [0.3, 0.4) is 0 Å². The van der Waals surface area contributed by atoms with E-state index in [1.54, 1.807) is 18.2 Å². The smallest absolute Gasteiger partial charge is 0.469 e. The van der Waals surface area contributed by atoms with Crippen molar-refractivity contribution in [3.8, 4) is 11.5 Å². The molecule has 0 saturated carbocycles. The Balaban J connectivity index is 1.66. The van der Waals surface area contributed by atoms with Gasteiger partial charge in [-0.25, -0.2) is 0 Å². The van der Waals surface area contributed by atoms with Gasteiger partial charge in [-0.05, 0) is 58.2 Å². The normalized spacial score (nSPS) is 14.7. The van der Waals surface area contributed by atoms with E-state index < -0.39 is 14.2 Å². The van der Waals surface area contributed by atoms with Crippen LogP contribution >= 0.6 is 0 Å². The van der Waals surface area contributed by atoms with E-state index in [0.717, 1.165) is 36.3 Å². The minimum Gasteiger partial charge on any atom is -0.514 e. The van der Waals surface area contributed by atoms with Gasteiger partial charge in [0.05, 0.1) is 5.60 Å². The zero-order valence-electron chi connectivity index (χ0n) is 21.3. The number of aromatic hydroxyl groups is 1. The van der Waals surface area contributed by atoms with Crippen LogP contribution < -0.4 is 14.8 Å². The summed E-state index contributed by atoms with van der Waals surface area (Å²) in [6.45, 7) is 7.65. The summed E-state index contributed by atoms with van der Waals surface area (Å²) in [4.78, 5) is 14.4. The number of carbonyl (C=O) groups excluding carboxylic acids is 1. The van der Waals surface area contributed by atoms with Crippen molar-refractivity contribution < 1.29 is 18.8 Å². The van der Waals surface area contributed by atoms with Crippen LogP contribution in [0.5, 0.6) is 11.5 Å². The molecule has 1 aliphatic rings. The van der Waals surface area contributed by atoms with Crippen molar-refractivity contribution in [1.29, 1.82) is 0 Å². The number of carbonyl (C=O) groups is 1. The molecule has 0 aliphatic carbocycles. The third kappa shape index (κ3) is 6.25. The van der Waals surface area contributed by atoms with Crippen LogP contribution in [-0.4, -0.2) is 43.2 Å². The van der Waals surface area contributed by atoms with Crippen molar-refractivity contribution in [2.24, 2.45) is 0 Å². The molecule has 6 heteroatoms. The number of piperidine rings is 1. The third-order valence-corrected chi connectivity index (χ3v) is 9.70. The number of hydrogen-bond donors (Lipinski definition) is 1. The molecule has 0 bridgehead atoms. The predicted molar refractivity (Wildman–Crippen MR) is 147 cm³/mol. The Kier molecular flexibility index (Phi) is 7.96. The van der Waals surface area contributed by atoms with E-state index in [4.69, 9.17) is 8.85 Å². The summed E-state index contributed by atoms with van der Waals surface area (Å²) in [5, 5.41) is 12.8. The monoisotopic (exact) mass is 501 g/mol. The van der Waals surface area contributed by atoms with Crippen LogP contribution in [0.15, 0.2) is 84.9 Å². The fourth-order valence-electron chi connectivity index (χ4n) is 4.44. The van der Waals surface area contributed by atoms with Crippen molar-refractivity contribution in [2.45, 2.75) is 45.6 Å². The molecular formula is C30H35NO4Si. The van der Waals surface area contributed by atoms with Gasteiger partial charge < -0.3 is 18.9 Å². The van der Waals surface area contributed by atoms with Gasteiger partial charge in [-0.1, -0.05) is 60.7 Å². The van der Waals surface area contributed by atoms with E-state index in [9.17, 15) is 9.90 Å². The summed E-state index contributed by atoms with van der Waals surface area (Å²) in [6, 6.07) is 25.2. The average molecular weight is 502 g/mol. The Hall–Kier alpha value is -3.35. The number of amides is 1. The van der Waals surface area contributed by atoms with Crippen molar-refractivity contribution in [3.05, 3.63) is 90.5 Å². The first kappa shape index (κ1) is 25.7. The molecule has 1 saturated heterocycles. The second kappa shape index (κ2) is 11.1. The number of phenolic OH excluding ortho intramolecular Hbond substituents is 1. The van der Waals surface area contributed by atoms with Crippen molar-refractivity contribution in [1.82, 2.24) is 4.90 Å². The maximum absolute atomic E-state index is 12.5. The van der Waals surface area contributed by atoms with Gasteiger partial charge in [0, 0.05) is 41.2 Å². The zero-order valence-corrected chi connectivity index (χ0v) is 22.3. The Morgan fingerprint density at radius 1 is 0.889 bits per heavy atom. The molecule has 1 N–H and O–H groups in total. The largest absolute Gasteiger partial charge is 0.514 e. The molecule has 4 rings (SSSR count). The lowest BCUT2D eigenvalue weighted by molar-refractivity contribution is -0.126. The van der Waals surface area contributed by atoms with E-state index in [2.05, 4.69) is 0 Å². The number of rotatable bonds is 7. The molecule has 0 spiro atoms. The fraction of sp³-hybridized carbons (Fsp3) is 0.300. The highest BCUT2D eigenvalue weighted by atomic mass is 28.4. The molecule has 0 aromatic heterocycles. The summed E-state index contributed by atoms with van der Waals surface area (Å²) < 4.78 is 13.6. The van der Waals surface area contributed by atoms with Gasteiger partial charge in [0.25, 0.3) is 0 Å². The molecule has 1 amide bonds. The second-order valence-electron chi connectivity index (χ2n) is 10.1. The molecule has 1 aliphatic heterocycles. The van der Waals surface area contributed by atoms with Crippen LogP contribution in [0.1, 0.15) is 45.6 Å². The highest BCUT2D eigenvalue weighted by Crippen LogP contribution is 2.28. The highest BCUT2D eigenvalue weighted by molar-refractivity contribution is 6.93. The Bertz CT molecular complexity index is 1140. The van der Waals surface area contributed by atoms with Gasteiger partial charge in [0.2, 0.25) is 5.91 Å². The quantitative estimate of drug-likeness (QED) is 0.371. The molecule has 188 valence electrons. The van der Waals surface area contributed by atoms with Crippen LogP contribution in [0, 0.1) is 0 Å². The average Bonchev–Trinajstić information content (AvgIpc) is 2.88. The Morgan fingerprint density at radius 2 is 1.47 bits per heavy atom. The fourth-order valence-corrected chi connectivity index (χ4v) is 7.87. The molecule has 3 aromatic carbocycles. The lowest BCUT2D eigenvalue weighted by atomic mass is 10.1. The van der Waals surface area contributed by atoms with Gasteiger partial charge in [-0.3, -0.25) is 4.79 Å². The number of hydrogen-bond acceptors (Lipinski definition) is 4. The summed E-state index contributed by atoms with van der Waals surface area (Å²) in [5.74, 6) is 0.540. The minimum absolute atomic E-state index is 0.0208. The van der Waals surface area contributed by atoms with Crippen LogP contribution in [0.25, 0.3) is 6.08 Å². The van der Waals surface area contributed by atoms with E-state index in [1.807, 2.05) is 92.4 Å². The van der Waals surface area contributed by atoms with Gasteiger partial charge in [-0.15, -0.1) is 0 Å². The number of nitrogens with zero attached hydrogens (tertiary/aromatic N) is 1. The van der Waals surface area contributed by atoms with Crippen molar-refractivity contribution >= 4 is 30.9 Å². The lowest BCUT2D eigenvalue weighted by Gasteiger charge is -2.37. The maximum atomic E-state index is 12.5. The van der Waals surface area contributed by atoms with Gasteiger partial charge in [0.15, 0.2) is 0 Å². The van der Waals surface area contributed by atoms with Crippen molar-refractivity contribution in [2.75, 3.05) is 13.1 Å². The lowest BCUT2D eigenvalue weighted by Crippen LogP contribution is -2.68. The third-order valence-electron chi connectivity index (χ3n) is 6.09. The molecule has 0 radical (unpaired) electrons. The first-order valence-electron chi connectivity index (χ1n) is 12.6. The van der Waals surface area contributed by atoms with Gasteiger partial charge in [0.1, 0.15) is 11.5 Å². The van der Waals surface area contributed by atoms with E-state index in [0.29, 0.717) is 11.3 Å². The second-order valence-corrected chi connectivity index (χ2v) is 12.9. The molecule has 0 atom stereocenters. The summed E-state index contributed by atoms with van der Waals surface area (Å²) >= 11 is 0. The number of phenols is 1.